The van der Waals surface area contributed by atoms with Crippen LogP contribution in [0.3, 0.4) is 0 Å². The maximum absolute atomic E-state index is 2.39. The van der Waals surface area contributed by atoms with Crippen LogP contribution < -0.4 is 48.0 Å². The number of nitrogens with zero attached hydrogens (tertiary/aromatic N) is 2. The third-order valence-electron chi connectivity index (χ3n) is 5.55. The second-order valence-electron chi connectivity index (χ2n) is 8.23. The smallest absolute Gasteiger partial charge is 0.0785 e. The van der Waals surface area contributed by atoms with Gasteiger partial charge in [-0.15, -0.1) is 0 Å². The Morgan fingerprint density at radius 1 is 0.600 bits per heavy atom. The van der Waals surface area contributed by atoms with Crippen molar-refractivity contribution in [3.63, 3.8) is 0 Å². The molecule has 0 aromatic carbocycles. The normalized spacial score (nSPS) is 26.4. The van der Waals surface area contributed by atoms with Gasteiger partial charge in [-0.3, -0.25) is 0 Å². The van der Waals surface area contributed by atoms with E-state index in [0.717, 1.165) is 11.8 Å². The summed E-state index contributed by atoms with van der Waals surface area (Å²) < 4.78 is 2.51. The van der Waals surface area contributed by atoms with Crippen LogP contribution in [-0.2, 0) is 0 Å². The highest BCUT2D eigenvalue weighted by atomic mass is 127. The molecule has 0 amide bonds. The van der Waals surface area contributed by atoms with Crippen molar-refractivity contribution in [2.24, 2.45) is 11.8 Å². The van der Waals surface area contributed by atoms with Gasteiger partial charge in [-0.05, 0) is 50.4 Å². The van der Waals surface area contributed by atoms with Crippen LogP contribution in [0.5, 0.6) is 0 Å². The van der Waals surface area contributed by atoms with Crippen LogP contribution in [0.2, 0.25) is 0 Å². The Bertz CT molecular complexity index is 232. The summed E-state index contributed by atoms with van der Waals surface area (Å²) in [6, 6.07) is 0. The van der Waals surface area contributed by atoms with Gasteiger partial charge in [0.25, 0.3) is 0 Å². The summed E-state index contributed by atoms with van der Waals surface area (Å²) in [5.41, 5.74) is 0. The molecule has 0 unspecified atom stereocenters. The fourth-order valence-electron chi connectivity index (χ4n) is 3.69. The molecule has 0 atom stereocenters. The van der Waals surface area contributed by atoms with Crippen molar-refractivity contribution in [2.75, 3.05) is 54.4 Å². The Hall–Kier alpha value is 1.38. The summed E-state index contributed by atoms with van der Waals surface area (Å²) in [4.78, 5) is 0. The molecule has 122 valence electrons. The fourth-order valence-corrected chi connectivity index (χ4v) is 3.69. The van der Waals surface area contributed by atoms with Crippen molar-refractivity contribution in [3.8, 4) is 0 Å². The van der Waals surface area contributed by atoms with Gasteiger partial charge in [0, 0.05) is 0 Å². The van der Waals surface area contributed by atoms with Gasteiger partial charge in [0.05, 0.1) is 54.4 Å². The molecule has 0 aromatic heterocycles. The highest BCUT2D eigenvalue weighted by Gasteiger charge is 2.29. The standard InChI is InChI=1S/C16H34N2.2HI/c1-17(2)11-7-15(8-12-17)5-6-16-9-13-18(3,4)14-10-16;;/h15-16H,5-14H2,1-4H3;2*1H/q+2;;/p-2. The topological polar surface area (TPSA) is 0 Å². The van der Waals surface area contributed by atoms with E-state index in [2.05, 4.69) is 28.2 Å². The Labute approximate surface area is 160 Å². The van der Waals surface area contributed by atoms with Crippen LogP contribution in [0.4, 0.5) is 0 Å². The number of halogens is 2. The average molecular weight is 508 g/mol. The number of hydrogen-bond acceptors (Lipinski definition) is 0. The molecule has 2 aliphatic heterocycles. The molecule has 2 heterocycles. The zero-order chi connectivity index (χ0) is 13.2. The van der Waals surface area contributed by atoms with E-state index in [1.807, 2.05) is 0 Å². The Morgan fingerprint density at radius 2 is 0.850 bits per heavy atom. The van der Waals surface area contributed by atoms with Crippen molar-refractivity contribution in [1.82, 2.24) is 0 Å². The van der Waals surface area contributed by atoms with E-state index in [0.29, 0.717) is 0 Å². The molecule has 0 saturated carbocycles. The molecule has 0 radical (unpaired) electrons. The predicted octanol–water partition coefficient (Wildman–Crippen LogP) is -3.25. The van der Waals surface area contributed by atoms with E-state index in [1.165, 1.54) is 73.7 Å². The highest BCUT2D eigenvalue weighted by molar-refractivity contribution is 4.69. The van der Waals surface area contributed by atoms with Crippen LogP contribution in [0, 0.1) is 11.8 Å². The molecular formula is C16H34I2N2. The van der Waals surface area contributed by atoms with Gasteiger partial charge in [0.1, 0.15) is 0 Å². The molecule has 0 aliphatic carbocycles. The van der Waals surface area contributed by atoms with Crippen LogP contribution in [0.25, 0.3) is 0 Å². The lowest BCUT2D eigenvalue weighted by Gasteiger charge is -2.39. The molecule has 2 aliphatic rings. The maximum atomic E-state index is 2.39. The van der Waals surface area contributed by atoms with E-state index < -0.39 is 0 Å². The largest absolute Gasteiger partial charge is 1.00 e. The number of piperidine rings is 2. The number of hydrogen-bond donors (Lipinski definition) is 0. The lowest BCUT2D eigenvalue weighted by Crippen LogP contribution is -3.00. The van der Waals surface area contributed by atoms with Crippen molar-refractivity contribution in [2.45, 2.75) is 38.5 Å². The van der Waals surface area contributed by atoms with Crippen molar-refractivity contribution >= 4 is 0 Å². The Kier molecular flexibility index (Phi) is 9.48. The molecule has 2 fully saturated rings. The van der Waals surface area contributed by atoms with Gasteiger partial charge < -0.3 is 56.9 Å². The summed E-state index contributed by atoms with van der Waals surface area (Å²) in [6.07, 6.45) is 8.92. The van der Waals surface area contributed by atoms with Gasteiger partial charge in [-0.25, -0.2) is 0 Å². The number of rotatable bonds is 3. The first-order chi connectivity index (χ1) is 8.36. The average Bonchev–Trinajstić information content (AvgIpc) is 2.29. The summed E-state index contributed by atoms with van der Waals surface area (Å²) in [5.74, 6) is 2.08. The van der Waals surface area contributed by atoms with E-state index in [1.54, 1.807) is 0 Å². The van der Waals surface area contributed by atoms with Gasteiger partial charge in [0.15, 0.2) is 0 Å². The van der Waals surface area contributed by atoms with Gasteiger partial charge in [-0.1, -0.05) is 0 Å². The number of quaternary nitrogens is 2. The minimum atomic E-state index is 0. The van der Waals surface area contributed by atoms with Gasteiger partial charge in [-0.2, -0.15) is 0 Å². The van der Waals surface area contributed by atoms with Crippen LogP contribution >= 0.6 is 0 Å². The quantitative estimate of drug-likeness (QED) is 0.278. The molecule has 0 N–H and O–H groups in total. The summed E-state index contributed by atoms with van der Waals surface area (Å²) >= 11 is 0. The van der Waals surface area contributed by atoms with Crippen LogP contribution in [0.1, 0.15) is 38.5 Å². The minimum absolute atomic E-state index is 0. The summed E-state index contributed by atoms with van der Waals surface area (Å²) in [5, 5.41) is 0. The van der Waals surface area contributed by atoms with Crippen LogP contribution in [-0.4, -0.2) is 63.3 Å². The predicted molar refractivity (Wildman–Crippen MR) is 78.4 cm³/mol. The molecule has 2 nitrogen and oxygen atoms in total. The van der Waals surface area contributed by atoms with Gasteiger partial charge in [0.2, 0.25) is 0 Å². The first kappa shape index (κ1) is 21.4. The SMILES string of the molecule is C[N+]1(C)CCC(CCC2CC[N+](C)(C)CC2)CC1.[I-].[I-]. The lowest BCUT2D eigenvalue weighted by atomic mass is 9.84. The van der Waals surface area contributed by atoms with E-state index >= 15 is 0 Å². The van der Waals surface area contributed by atoms with Crippen molar-refractivity contribution < 1.29 is 56.9 Å². The molecule has 2 rings (SSSR count). The highest BCUT2D eigenvalue weighted by Crippen LogP contribution is 2.30. The molecule has 20 heavy (non-hydrogen) atoms. The Balaban J connectivity index is 0.00000180. The summed E-state index contributed by atoms with van der Waals surface area (Å²) in [6.45, 7) is 5.61. The van der Waals surface area contributed by atoms with Crippen LogP contribution in [0.15, 0.2) is 0 Å². The maximum Gasteiger partial charge on any atom is 0.0785 e. The molecule has 0 aromatic rings. The second kappa shape index (κ2) is 8.87. The third kappa shape index (κ3) is 7.09. The lowest BCUT2D eigenvalue weighted by molar-refractivity contribution is -0.896. The van der Waals surface area contributed by atoms with Crippen molar-refractivity contribution in [3.05, 3.63) is 0 Å². The first-order valence-electron chi connectivity index (χ1n) is 8.00. The van der Waals surface area contributed by atoms with E-state index in [4.69, 9.17) is 0 Å². The summed E-state index contributed by atoms with van der Waals surface area (Å²) in [7, 11) is 9.55. The number of likely N-dealkylation sites (tertiary alicyclic amines) is 2. The molecule has 2 saturated heterocycles. The minimum Gasteiger partial charge on any atom is -1.00 e. The molecule has 0 bridgehead atoms. The second-order valence-corrected chi connectivity index (χ2v) is 8.23. The fraction of sp³-hybridized carbons (Fsp3) is 1.00. The molecule has 4 heteroatoms. The molecular weight excluding hydrogens is 474 g/mol. The zero-order valence-electron chi connectivity index (χ0n) is 13.9. The third-order valence-corrected chi connectivity index (χ3v) is 5.55. The Morgan fingerprint density at radius 3 is 1.10 bits per heavy atom. The van der Waals surface area contributed by atoms with Crippen molar-refractivity contribution in [1.29, 1.82) is 0 Å². The monoisotopic (exact) mass is 508 g/mol. The first-order valence-corrected chi connectivity index (χ1v) is 8.00. The van der Waals surface area contributed by atoms with E-state index in [9.17, 15) is 0 Å². The van der Waals surface area contributed by atoms with E-state index in [-0.39, 0.29) is 48.0 Å². The molecule has 0 spiro atoms. The van der Waals surface area contributed by atoms with Gasteiger partial charge >= 0.3 is 0 Å². The zero-order valence-corrected chi connectivity index (χ0v) is 18.2.